The molecule has 12 rings (SSSR count). The van der Waals surface area contributed by atoms with E-state index in [4.69, 9.17) is 44.8 Å². The van der Waals surface area contributed by atoms with Crippen LogP contribution in [0.1, 0.15) is 43.5 Å². The quantitative estimate of drug-likeness (QED) is 0.0447. The molecule has 1 unspecified atom stereocenters. The van der Waals surface area contributed by atoms with E-state index in [1.165, 1.54) is 36.0 Å². The van der Waals surface area contributed by atoms with E-state index in [1.54, 1.807) is 49.0 Å². The van der Waals surface area contributed by atoms with Crippen molar-refractivity contribution in [3.63, 3.8) is 0 Å². The number of benzene rings is 4. The lowest BCUT2D eigenvalue weighted by molar-refractivity contribution is -0.176. The molecule has 0 radical (unpaired) electrons. The van der Waals surface area contributed by atoms with Crippen molar-refractivity contribution in [3.8, 4) is 57.1 Å². The van der Waals surface area contributed by atoms with Crippen molar-refractivity contribution in [2.24, 2.45) is 0 Å². The fourth-order valence-corrected chi connectivity index (χ4v) is 9.96. The molecule has 0 fully saturated rings. The largest absolute Gasteiger partial charge is 0.481 e. The summed E-state index contributed by atoms with van der Waals surface area (Å²) in [5.74, 6) is 1.62. The summed E-state index contributed by atoms with van der Waals surface area (Å²) in [6.45, 7) is 1.95. The van der Waals surface area contributed by atoms with Gasteiger partial charge in [0.1, 0.15) is 36.5 Å². The van der Waals surface area contributed by atoms with Crippen molar-refractivity contribution in [3.05, 3.63) is 169 Å². The number of hydrogen-bond donors (Lipinski definition) is 3. The topological polar surface area (TPSA) is 226 Å². The number of aromatic nitrogens is 10. The highest BCUT2D eigenvalue weighted by Crippen LogP contribution is 2.41. The summed E-state index contributed by atoms with van der Waals surface area (Å²) in [5.41, 5.74) is 8.00. The van der Waals surface area contributed by atoms with Gasteiger partial charge in [0.2, 0.25) is 16.9 Å². The molecule has 17 nitrogen and oxygen atoms in total. The number of pyridine rings is 2. The van der Waals surface area contributed by atoms with Crippen LogP contribution in [0.4, 0.5) is 8.78 Å². The predicted octanol–water partition coefficient (Wildman–Crippen LogP) is 11.1. The number of carbonyl (C=O) groups is 1. The standard InChI is InChI=1S/C27H22FN5O2S.C27H22FN5OS.C2H4O2.H2O2/c1-36(34)27-29-15-14-22(31-27)26-25(18-6-9-19(28)10-7-18)32-23-12-11-20(33(23)26)16-35-24-13-8-17-4-2-3-5-21(17)30-24;1-35-27-29-15-14-22(31-27)26-25(18-6-9-19(28)10-7-18)32-23-12-11-20(33(23)26)16-34-24-13-8-17-4-2-3-5-21(17)30-24;1-2(3)4;1-2/h2-10,13-15,20H,11-12,16H2,1H3;2-10,13-15,20H,11-12,16H2,1H3;1H3,(H,3,4);1-2H/t20-,36?;20-;;/m00../s1. The van der Waals surface area contributed by atoms with Crippen LogP contribution in [-0.4, -0.2) is 101 Å². The van der Waals surface area contributed by atoms with E-state index in [0.29, 0.717) is 41.5 Å². The van der Waals surface area contributed by atoms with Gasteiger partial charge in [0, 0.05) is 72.4 Å². The SMILES string of the molecule is CC(=O)O.CS(=O)c1nccc(-c2c(-c3ccc(F)cc3)nc3n2[C@H](COc2ccc4ccccc4n2)CC3)n1.CSc1nccc(-c2c(-c3ccc(F)cc3)nc3n2[C@H](COc2ccc4ccccc4n2)CC3)n1.OO. The summed E-state index contributed by atoms with van der Waals surface area (Å²) in [6.07, 6.45) is 10.2. The van der Waals surface area contributed by atoms with Crippen molar-refractivity contribution < 1.29 is 42.9 Å². The van der Waals surface area contributed by atoms with Crippen LogP contribution in [0.15, 0.2) is 156 Å². The molecule has 392 valence electrons. The first-order valence-electron chi connectivity index (χ1n) is 24.1. The first-order chi connectivity index (χ1) is 37.5. The van der Waals surface area contributed by atoms with E-state index in [0.717, 1.165) is 100.0 Å². The Hall–Kier alpha value is -8.37. The number of para-hydroxylation sites is 2. The second-order valence-corrected chi connectivity index (χ2v) is 19.6. The van der Waals surface area contributed by atoms with Gasteiger partial charge in [0.15, 0.2) is 5.16 Å². The van der Waals surface area contributed by atoms with Crippen molar-refractivity contribution >= 4 is 50.3 Å². The maximum absolute atomic E-state index is 13.6. The zero-order chi connectivity index (χ0) is 54.0. The van der Waals surface area contributed by atoms with Gasteiger partial charge >= 0.3 is 0 Å². The van der Waals surface area contributed by atoms with Gasteiger partial charge in [0.25, 0.3) is 5.97 Å². The second-order valence-electron chi connectivity index (χ2n) is 17.5. The van der Waals surface area contributed by atoms with Crippen molar-refractivity contribution in [2.75, 3.05) is 25.7 Å². The molecule has 0 saturated heterocycles. The lowest BCUT2D eigenvalue weighted by Gasteiger charge is -2.18. The average molecular weight is 1080 g/mol. The van der Waals surface area contributed by atoms with Gasteiger partial charge in [0.05, 0.1) is 68.1 Å². The summed E-state index contributed by atoms with van der Waals surface area (Å²) in [4.78, 5) is 46.0. The molecule has 21 heteroatoms. The summed E-state index contributed by atoms with van der Waals surface area (Å²) in [5, 5.41) is 22.5. The highest BCUT2D eigenvalue weighted by atomic mass is 32.2. The van der Waals surface area contributed by atoms with Gasteiger partial charge in [-0.15, -0.1) is 0 Å². The molecule has 77 heavy (non-hydrogen) atoms. The number of imidazole rings is 2. The molecule has 2 aliphatic rings. The Kier molecular flexibility index (Phi) is 17.0. The third-order valence-corrected chi connectivity index (χ3v) is 13.8. The number of aliphatic carboxylic acids is 1. The Morgan fingerprint density at radius 2 is 1.06 bits per heavy atom. The molecule has 0 spiro atoms. The van der Waals surface area contributed by atoms with E-state index < -0.39 is 16.8 Å². The molecular formula is C56H50F2N10O7S2. The van der Waals surface area contributed by atoms with Crippen LogP contribution in [0, 0.1) is 11.6 Å². The van der Waals surface area contributed by atoms with Gasteiger partial charge in [-0.1, -0.05) is 48.2 Å². The monoisotopic (exact) mass is 1080 g/mol. The third kappa shape index (κ3) is 12.3. The van der Waals surface area contributed by atoms with Crippen LogP contribution in [0.2, 0.25) is 0 Å². The zero-order valence-electron chi connectivity index (χ0n) is 41.8. The molecular weight excluding hydrogens is 1030 g/mol. The van der Waals surface area contributed by atoms with Crippen LogP contribution in [0.25, 0.3) is 67.1 Å². The Labute approximate surface area is 447 Å². The first-order valence-corrected chi connectivity index (χ1v) is 26.9. The first kappa shape index (κ1) is 53.5. The van der Waals surface area contributed by atoms with Crippen LogP contribution in [-0.2, 0) is 28.4 Å². The van der Waals surface area contributed by atoms with Gasteiger partial charge in [-0.2, -0.15) is 0 Å². The molecule has 0 aliphatic carbocycles. The minimum absolute atomic E-state index is 0.00416. The van der Waals surface area contributed by atoms with Gasteiger partial charge < -0.3 is 23.7 Å². The third-order valence-electron chi connectivity index (χ3n) is 12.5. The number of nitrogens with zero attached hydrogens (tertiary/aromatic N) is 10. The van der Waals surface area contributed by atoms with E-state index in [9.17, 15) is 13.0 Å². The highest BCUT2D eigenvalue weighted by Gasteiger charge is 2.33. The van der Waals surface area contributed by atoms with Crippen LogP contribution in [0.5, 0.6) is 11.8 Å². The molecule has 2 aliphatic heterocycles. The molecule has 0 amide bonds. The lowest BCUT2D eigenvalue weighted by atomic mass is 10.1. The minimum Gasteiger partial charge on any atom is -0.481 e. The Balaban J connectivity index is 0.000000171. The highest BCUT2D eigenvalue weighted by molar-refractivity contribution is 7.98. The fraction of sp³-hybridized carbons (Fsp3) is 0.196. The molecule has 0 bridgehead atoms. The minimum atomic E-state index is -1.34. The van der Waals surface area contributed by atoms with Crippen LogP contribution in [0.3, 0.4) is 0 Å². The molecule has 6 aromatic heterocycles. The lowest BCUT2D eigenvalue weighted by Crippen LogP contribution is -2.16. The van der Waals surface area contributed by atoms with Crippen molar-refractivity contribution in [2.45, 2.75) is 55.0 Å². The molecule has 8 heterocycles. The number of ether oxygens (including phenoxy) is 2. The molecule has 0 saturated carbocycles. The van der Waals surface area contributed by atoms with E-state index in [-0.39, 0.29) is 28.9 Å². The van der Waals surface area contributed by atoms with Crippen molar-refractivity contribution in [1.29, 1.82) is 0 Å². The normalized spacial score (nSPS) is 14.5. The second kappa shape index (κ2) is 24.5. The number of carboxylic acid groups (broad SMARTS) is 1. The number of thioether (sulfide) groups is 1. The smallest absolute Gasteiger partial charge is 0.300 e. The summed E-state index contributed by atoms with van der Waals surface area (Å²) >= 11 is 1.49. The molecule has 3 atom stereocenters. The number of hydrogen-bond acceptors (Lipinski definition) is 15. The molecule has 4 aromatic carbocycles. The number of rotatable bonds is 12. The Morgan fingerprint density at radius 1 is 0.623 bits per heavy atom. The fourth-order valence-electron chi connectivity index (χ4n) is 9.17. The van der Waals surface area contributed by atoms with E-state index in [2.05, 4.69) is 34.1 Å². The predicted molar refractivity (Wildman–Crippen MR) is 289 cm³/mol. The van der Waals surface area contributed by atoms with E-state index >= 15 is 0 Å². The van der Waals surface area contributed by atoms with Gasteiger partial charge in [-0.3, -0.25) is 19.5 Å². The van der Waals surface area contributed by atoms with Crippen LogP contribution < -0.4 is 9.47 Å². The number of halogens is 2. The molecule has 3 N–H and O–H groups in total. The van der Waals surface area contributed by atoms with Gasteiger partial charge in [-0.25, -0.2) is 48.7 Å². The number of carboxylic acids is 1. The summed E-state index contributed by atoms with van der Waals surface area (Å²) in [7, 11) is -1.34. The summed E-state index contributed by atoms with van der Waals surface area (Å²) in [6, 6.07) is 40.2. The van der Waals surface area contributed by atoms with Crippen molar-refractivity contribution in [1.82, 2.24) is 49.0 Å². The van der Waals surface area contributed by atoms with Gasteiger partial charge in [-0.05, 0) is 104 Å². The summed E-state index contributed by atoms with van der Waals surface area (Å²) < 4.78 is 56.1. The van der Waals surface area contributed by atoms with E-state index in [1.807, 2.05) is 85.1 Å². The maximum atomic E-state index is 13.6. The molecule has 10 aromatic rings. The Morgan fingerprint density at radius 3 is 1.52 bits per heavy atom. The van der Waals surface area contributed by atoms with Crippen LogP contribution >= 0.6 is 11.8 Å². The average Bonchev–Trinajstić information content (AvgIpc) is 4.35. The Bertz CT molecular complexity index is 3710. The number of aryl methyl sites for hydroxylation is 2. The zero-order valence-corrected chi connectivity index (χ0v) is 43.4. The number of fused-ring (bicyclic) bond motifs is 4. The maximum Gasteiger partial charge on any atom is 0.300 e.